The van der Waals surface area contributed by atoms with Gasteiger partial charge < -0.3 is 15.4 Å². The van der Waals surface area contributed by atoms with Gasteiger partial charge in [0.05, 0.1) is 12.1 Å². The molecular weight excluding hydrogens is 305 g/mol. The standard InChI is InChI=1S/C10H23N3O.HI/c1-6-11-9(12-7-2)13-8-10(3,4)14-5;/h6-8H2,1-5H3,(H2,11,12,13);1H. The molecular formula is C10H24IN3O. The number of ether oxygens (including phenoxy) is 1. The Bertz CT molecular complexity index is 176. The summed E-state index contributed by atoms with van der Waals surface area (Å²) in [7, 11) is 1.70. The molecule has 5 heteroatoms. The van der Waals surface area contributed by atoms with Crippen LogP contribution in [0.1, 0.15) is 27.7 Å². The lowest BCUT2D eigenvalue weighted by Crippen LogP contribution is -2.38. The zero-order chi connectivity index (χ0) is 11.0. The van der Waals surface area contributed by atoms with Gasteiger partial charge in [0, 0.05) is 20.2 Å². The fourth-order valence-corrected chi connectivity index (χ4v) is 0.843. The van der Waals surface area contributed by atoms with Gasteiger partial charge in [0.2, 0.25) is 0 Å². The van der Waals surface area contributed by atoms with Crippen molar-refractivity contribution in [1.29, 1.82) is 0 Å². The Morgan fingerprint density at radius 2 is 1.67 bits per heavy atom. The van der Waals surface area contributed by atoms with E-state index in [0.29, 0.717) is 6.54 Å². The number of methoxy groups -OCH3 is 1. The van der Waals surface area contributed by atoms with Crippen LogP contribution in [0, 0.1) is 0 Å². The number of hydrogen-bond acceptors (Lipinski definition) is 2. The van der Waals surface area contributed by atoms with Gasteiger partial charge in [-0.1, -0.05) is 0 Å². The van der Waals surface area contributed by atoms with Crippen molar-refractivity contribution in [3.63, 3.8) is 0 Å². The monoisotopic (exact) mass is 329 g/mol. The van der Waals surface area contributed by atoms with Gasteiger partial charge in [0.15, 0.2) is 5.96 Å². The zero-order valence-electron chi connectivity index (χ0n) is 10.4. The van der Waals surface area contributed by atoms with Crippen molar-refractivity contribution in [2.75, 3.05) is 26.7 Å². The highest BCUT2D eigenvalue weighted by Gasteiger charge is 2.15. The predicted molar refractivity (Wildman–Crippen MR) is 76.2 cm³/mol. The second kappa shape index (κ2) is 9.21. The number of hydrogen-bond donors (Lipinski definition) is 2. The molecule has 0 aliphatic heterocycles. The fourth-order valence-electron chi connectivity index (χ4n) is 0.843. The number of nitrogens with zero attached hydrogens (tertiary/aromatic N) is 1. The summed E-state index contributed by atoms with van der Waals surface area (Å²) >= 11 is 0. The summed E-state index contributed by atoms with van der Waals surface area (Å²) in [6.45, 7) is 10.5. The Kier molecular flexibility index (Phi) is 10.7. The SMILES string of the molecule is CCNC(=NCC(C)(C)OC)NCC.I. The van der Waals surface area contributed by atoms with Crippen LogP contribution in [-0.4, -0.2) is 38.3 Å². The lowest BCUT2D eigenvalue weighted by Gasteiger charge is -2.21. The Morgan fingerprint density at radius 1 is 1.20 bits per heavy atom. The van der Waals surface area contributed by atoms with E-state index >= 15 is 0 Å². The summed E-state index contributed by atoms with van der Waals surface area (Å²) < 4.78 is 5.28. The van der Waals surface area contributed by atoms with Crippen LogP contribution in [0.4, 0.5) is 0 Å². The van der Waals surface area contributed by atoms with Crippen molar-refractivity contribution in [3.8, 4) is 0 Å². The van der Waals surface area contributed by atoms with E-state index in [1.165, 1.54) is 0 Å². The summed E-state index contributed by atoms with van der Waals surface area (Å²) in [6.07, 6.45) is 0. The summed E-state index contributed by atoms with van der Waals surface area (Å²) in [4.78, 5) is 4.42. The summed E-state index contributed by atoms with van der Waals surface area (Å²) in [5.74, 6) is 0.847. The van der Waals surface area contributed by atoms with E-state index in [1.807, 2.05) is 27.7 Å². The molecule has 0 spiro atoms. The van der Waals surface area contributed by atoms with Gasteiger partial charge in [-0.15, -0.1) is 24.0 Å². The molecule has 2 N–H and O–H groups in total. The Morgan fingerprint density at radius 3 is 2.00 bits per heavy atom. The molecule has 0 unspecified atom stereocenters. The molecule has 15 heavy (non-hydrogen) atoms. The molecule has 0 fully saturated rings. The largest absolute Gasteiger partial charge is 0.377 e. The van der Waals surface area contributed by atoms with Gasteiger partial charge in [-0.2, -0.15) is 0 Å². The molecule has 0 aromatic rings. The van der Waals surface area contributed by atoms with E-state index in [0.717, 1.165) is 19.0 Å². The summed E-state index contributed by atoms with van der Waals surface area (Å²) in [5.41, 5.74) is -0.198. The quantitative estimate of drug-likeness (QED) is 0.458. The maximum Gasteiger partial charge on any atom is 0.191 e. The van der Waals surface area contributed by atoms with Crippen LogP contribution in [0.2, 0.25) is 0 Å². The molecule has 0 aliphatic carbocycles. The van der Waals surface area contributed by atoms with Crippen LogP contribution in [-0.2, 0) is 4.74 Å². The van der Waals surface area contributed by atoms with E-state index in [1.54, 1.807) is 7.11 Å². The van der Waals surface area contributed by atoms with Crippen LogP contribution < -0.4 is 10.6 Å². The topological polar surface area (TPSA) is 45.7 Å². The first-order valence-electron chi connectivity index (χ1n) is 5.13. The highest BCUT2D eigenvalue weighted by Crippen LogP contribution is 2.06. The molecule has 92 valence electrons. The Hall–Kier alpha value is -0.0400. The molecule has 0 aliphatic rings. The van der Waals surface area contributed by atoms with Gasteiger partial charge in [0.1, 0.15) is 0 Å². The maximum absolute atomic E-state index is 5.28. The molecule has 0 rings (SSSR count). The maximum atomic E-state index is 5.28. The molecule has 4 nitrogen and oxygen atoms in total. The first-order chi connectivity index (χ1) is 6.55. The third-order valence-electron chi connectivity index (χ3n) is 1.86. The number of halogens is 1. The number of guanidine groups is 1. The molecule has 0 amide bonds. The van der Waals surface area contributed by atoms with Crippen molar-refractivity contribution in [2.24, 2.45) is 4.99 Å². The zero-order valence-corrected chi connectivity index (χ0v) is 12.7. The van der Waals surface area contributed by atoms with E-state index in [-0.39, 0.29) is 29.6 Å². The smallest absolute Gasteiger partial charge is 0.191 e. The van der Waals surface area contributed by atoms with Crippen LogP contribution >= 0.6 is 24.0 Å². The highest BCUT2D eigenvalue weighted by atomic mass is 127. The van der Waals surface area contributed by atoms with Crippen LogP contribution in [0.15, 0.2) is 4.99 Å². The lowest BCUT2D eigenvalue weighted by atomic mass is 10.1. The third kappa shape index (κ3) is 8.92. The van der Waals surface area contributed by atoms with Gasteiger partial charge in [-0.3, -0.25) is 4.99 Å². The van der Waals surface area contributed by atoms with Crippen molar-refractivity contribution >= 4 is 29.9 Å². The van der Waals surface area contributed by atoms with Gasteiger partial charge in [-0.05, 0) is 27.7 Å². The highest BCUT2D eigenvalue weighted by molar-refractivity contribution is 14.0. The van der Waals surface area contributed by atoms with E-state index in [2.05, 4.69) is 15.6 Å². The van der Waals surface area contributed by atoms with Gasteiger partial charge >= 0.3 is 0 Å². The number of nitrogens with one attached hydrogen (secondary N) is 2. The third-order valence-corrected chi connectivity index (χ3v) is 1.86. The second-order valence-electron chi connectivity index (χ2n) is 3.69. The summed E-state index contributed by atoms with van der Waals surface area (Å²) in [6, 6.07) is 0. The van der Waals surface area contributed by atoms with Gasteiger partial charge in [-0.25, -0.2) is 0 Å². The minimum Gasteiger partial charge on any atom is -0.377 e. The minimum atomic E-state index is -0.198. The molecule has 0 atom stereocenters. The Balaban J connectivity index is 0. The minimum absolute atomic E-state index is 0. The van der Waals surface area contributed by atoms with Crippen LogP contribution in [0.3, 0.4) is 0 Å². The molecule has 0 aromatic carbocycles. The van der Waals surface area contributed by atoms with Crippen molar-refractivity contribution in [3.05, 3.63) is 0 Å². The normalized spacial score (nSPS) is 10.2. The van der Waals surface area contributed by atoms with Crippen LogP contribution in [0.5, 0.6) is 0 Å². The average molecular weight is 329 g/mol. The average Bonchev–Trinajstić information content (AvgIpc) is 2.15. The molecule has 0 saturated heterocycles. The number of aliphatic imine (C=N–C) groups is 1. The van der Waals surface area contributed by atoms with Crippen molar-refractivity contribution in [2.45, 2.75) is 33.3 Å². The lowest BCUT2D eigenvalue weighted by molar-refractivity contribution is 0.0311. The van der Waals surface area contributed by atoms with Crippen LogP contribution in [0.25, 0.3) is 0 Å². The van der Waals surface area contributed by atoms with E-state index in [4.69, 9.17) is 4.74 Å². The molecule has 0 aromatic heterocycles. The fraction of sp³-hybridized carbons (Fsp3) is 0.900. The molecule has 0 bridgehead atoms. The molecule has 0 saturated carbocycles. The van der Waals surface area contributed by atoms with E-state index in [9.17, 15) is 0 Å². The Labute approximate surface area is 110 Å². The molecule has 0 radical (unpaired) electrons. The first kappa shape index (κ1) is 17.4. The summed E-state index contributed by atoms with van der Waals surface area (Å²) in [5, 5.41) is 6.33. The molecule has 0 heterocycles. The first-order valence-corrected chi connectivity index (χ1v) is 5.13. The van der Waals surface area contributed by atoms with Crippen molar-refractivity contribution in [1.82, 2.24) is 10.6 Å². The second-order valence-corrected chi connectivity index (χ2v) is 3.69. The predicted octanol–water partition coefficient (Wildman–Crippen LogP) is 1.60. The number of rotatable bonds is 5. The van der Waals surface area contributed by atoms with Gasteiger partial charge in [0.25, 0.3) is 0 Å². The van der Waals surface area contributed by atoms with Crippen molar-refractivity contribution < 1.29 is 4.74 Å². The van der Waals surface area contributed by atoms with E-state index < -0.39 is 0 Å².